The Balaban J connectivity index is 1.91. The van der Waals surface area contributed by atoms with Gasteiger partial charge in [-0.05, 0) is 22.0 Å². The normalized spacial score (nSPS) is 13.9. The van der Waals surface area contributed by atoms with E-state index in [1.807, 2.05) is 29.2 Å². The predicted molar refractivity (Wildman–Crippen MR) is 76.6 cm³/mol. The zero-order valence-corrected chi connectivity index (χ0v) is 11.3. The lowest BCUT2D eigenvalue weighted by Gasteiger charge is -2.14. The highest BCUT2D eigenvalue weighted by molar-refractivity contribution is 5.81. The maximum absolute atomic E-state index is 11.2. The number of hydrogen-bond donors (Lipinski definition) is 0. The van der Waals surface area contributed by atoms with Gasteiger partial charge in [0.1, 0.15) is 0 Å². The fourth-order valence-electron chi connectivity index (χ4n) is 2.84. The quantitative estimate of drug-likeness (QED) is 0.529. The van der Waals surface area contributed by atoms with Crippen LogP contribution in [0.5, 0.6) is 0 Å². The Morgan fingerprint density at radius 2 is 2.10 bits per heavy atom. The van der Waals surface area contributed by atoms with Crippen molar-refractivity contribution in [1.82, 2.24) is 19.1 Å². The van der Waals surface area contributed by atoms with Gasteiger partial charge in [0.2, 0.25) is 18.1 Å². The van der Waals surface area contributed by atoms with E-state index in [1.54, 1.807) is 11.6 Å². The molecule has 106 valence electrons. The Labute approximate surface area is 119 Å². The number of nitrogens with zero attached hydrogens (tertiary/aromatic N) is 6. The second-order valence-corrected chi connectivity index (χ2v) is 4.96. The van der Waals surface area contributed by atoms with E-state index < -0.39 is 4.92 Å². The Morgan fingerprint density at radius 1 is 1.29 bits per heavy atom. The van der Waals surface area contributed by atoms with Crippen LogP contribution in [-0.4, -0.2) is 30.6 Å². The summed E-state index contributed by atoms with van der Waals surface area (Å²) in [5.74, 6) is 1.05. The molecule has 0 atom stereocenters. The third-order valence-corrected chi connectivity index (χ3v) is 3.74. The molecule has 3 heterocycles. The SMILES string of the molecule is Cn1cnc([N+](=O)[O-])c1N1CCn2c1nc1ccccc12. The molecular formula is C13H12N6O2. The van der Waals surface area contributed by atoms with Crippen LogP contribution < -0.4 is 4.90 Å². The molecule has 8 heteroatoms. The molecule has 0 N–H and O–H groups in total. The minimum atomic E-state index is -0.458. The molecule has 0 bridgehead atoms. The van der Waals surface area contributed by atoms with E-state index in [0.29, 0.717) is 12.4 Å². The number of para-hydroxylation sites is 2. The number of hydrogen-bond acceptors (Lipinski definition) is 5. The highest BCUT2D eigenvalue weighted by atomic mass is 16.6. The van der Waals surface area contributed by atoms with Crippen LogP contribution >= 0.6 is 0 Å². The van der Waals surface area contributed by atoms with Gasteiger partial charge in [-0.3, -0.25) is 9.47 Å². The van der Waals surface area contributed by atoms with Crippen LogP contribution in [0.1, 0.15) is 0 Å². The van der Waals surface area contributed by atoms with Crippen molar-refractivity contribution in [1.29, 1.82) is 0 Å². The maximum atomic E-state index is 11.2. The van der Waals surface area contributed by atoms with Gasteiger partial charge >= 0.3 is 5.82 Å². The Bertz CT molecular complexity index is 865. The van der Waals surface area contributed by atoms with Crippen molar-refractivity contribution < 1.29 is 4.92 Å². The fourth-order valence-corrected chi connectivity index (χ4v) is 2.84. The van der Waals surface area contributed by atoms with E-state index in [9.17, 15) is 10.1 Å². The monoisotopic (exact) mass is 284 g/mol. The zero-order valence-electron chi connectivity index (χ0n) is 11.3. The summed E-state index contributed by atoms with van der Waals surface area (Å²) < 4.78 is 3.74. The first-order valence-electron chi connectivity index (χ1n) is 6.55. The van der Waals surface area contributed by atoms with Gasteiger partial charge in [0, 0.05) is 20.1 Å². The standard InChI is InChI=1S/C13H12N6O2/c1-16-8-14-11(19(20)21)12(16)18-7-6-17-10-5-3-2-4-9(10)15-13(17)18/h2-5,8H,6-7H2,1H3. The smallest absolute Gasteiger partial charge is 0.358 e. The van der Waals surface area contributed by atoms with Crippen LogP contribution in [0, 0.1) is 10.1 Å². The van der Waals surface area contributed by atoms with Gasteiger partial charge in [-0.2, -0.15) is 0 Å². The van der Waals surface area contributed by atoms with Crippen molar-refractivity contribution in [3.05, 3.63) is 40.7 Å². The lowest BCUT2D eigenvalue weighted by molar-refractivity contribution is -0.388. The first kappa shape index (κ1) is 11.9. The molecule has 4 rings (SSSR count). The predicted octanol–water partition coefficient (Wildman–Crippen LogP) is 1.83. The highest BCUT2D eigenvalue weighted by Gasteiger charge is 2.33. The third kappa shape index (κ3) is 1.55. The Morgan fingerprint density at radius 3 is 2.90 bits per heavy atom. The largest absolute Gasteiger partial charge is 0.407 e. The molecule has 1 aliphatic heterocycles. The summed E-state index contributed by atoms with van der Waals surface area (Å²) in [6.45, 7) is 1.39. The molecule has 0 saturated heterocycles. The van der Waals surface area contributed by atoms with Crippen LogP contribution in [-0.2, 0) is 13.6 Å². The van der Waals surface area contributed by atoms with Crippen molar-refractivity contribution in [3.63, 3.8) is 0 Å². The summed E-state index contributed by atoms with van der Waals surface area (Å²) in [6.07, 6.45) is 1.46. The summed E-state index contributed by atoms with van der Waals surface area (Å²) >= 11 is 0. The van der Waals surface area contributed by atoms with Gasteiger partial charge in [0.05, 0.1) is 11.0 Å². The molecule has 1 aliphatic rings. The Kier molecular flexibility index (Phi) is 2.29. The average Bonchev–Trinajstić information content (AvgIpc) is 3.11. The number of aromatic nitrogens is 4. The number of fused-ring (bicyclic) bond motifs is 3. The molecule has 1 aromatic carbocycles. The maximum Gasteiger partial charge on any atom is 0.407 e. The van der Waals surface area contributed by atoms with Gasteiger partial charge in [-0.1, -0.05) is 12.1 Å². The number of aryl methyl sites for hydroxylation is 1. The molecule has 3 aromatic rings. The summed E-state index contributed by atoms with van der Waals surface area (Å²) in [6, 6.07) is 7.85. The van der Waals surface area contributed by atoms with Gasteiger partial charge in [-0.15, -0.1) is 0 Å². The number of anilines is 2. The molecular weight excluding hydrogens is 272 g/mol. The van der Waals surface area contributed by atoms with Crippen LogP contribution in [0.3, 0.4) is 0 Å². The van der Waals surface area contributed by atoms with E-state index in [0.717, 1.165) is 23.5 Å². The van der Waals surface area contributed by atoms with Gasteiger partial charge < -0.3 is 14.7 Å². The molecule has 0 amide bonds. The summed E-state index contributed by atoms with van der Waals surface area (Å²) in [7, 11) is 1.75. The summed E-state index contributed by atoms with van der Waals surface area (Å²) in [5, 5.41) is 11.2. The van der Waals surface area contributed by atoms with Crippen molar-refractivity contribution in [2.45, 2.75) is 6.54 Å². The molecule has 21 heavy (non-hydrogen) atoms. The van der Waals surface area contributed by atoms with Gasteiger partial charge in [0.25, 0.3) is 0 Å². The number of rotatable bonds is 2. The van der Waals surface area contributed by atoms with Crippen LogP contribution in [0.15, 0.2) is 30.6 Å². The number of nitro groups is 1. The van der Waals surface area contributed by atoms with Crippen molar-refractivity contribution in [2.24, 2.45) is 7.05 Å². The molecule has 0 spiro atoms. The van der Waals surface area contributed by atoms with E-state index in [-0.39, 0.29) is 5.82 Å². The van der Waals surface area contributed by atoms with Crippen molar-refractivity contribution >= 4 is 28.6 Å². The molecule has 0 fully saturated rings. The minimum absolute atomic E-state index is 0.141. The first-order chi connectivity index (χ1) is 10.2. The molecule has 0 radical (unpaired) electrons. The van der Waals surface area contributed by atoms with E-state index in [2.05, 4.69) is 14.5 Å². The topological polar surface area (TPSA) is 82.0 Å². The fraction of sp³-hybridized carbons (Fsp3) is 0.231. The number of imidazole rings is 2. The van der Waals surface area contributed by atoms with Crippen LogP contribution in [0.4, 0.5) is 17.6 Å². The first-order valence-corrected chi connectivity index (χ1v) is 6.55. The van der Waals surface area contributed by atoms with Gasteiger partial charge in [-0.25, -0.2) is 4.98 Å². The molecule has 2 aromatic heterocycles. The van der Waals surface area contributed by atoms with Gasteiger partial charge in [0.15, 0.2) is 0 Å². The van der Waals surface area contributed by atoms with Crippen LogP contribution in [0.25, 0.3) is 11.0 Å². The molecule has 0 unspecified atom stereocenters. The van der Waals surface area contributed by atoms with Crippen LogP contribution in [0.2, 0.25) is 0 Å². The van der Waals surface area contributed by atoms with E-state index >= 15 is 0 Å². The highest BCUT2D eigenvalue weighted by Crippen LogP contribution is 2.36. The molecule has 0 aliphatic carbocycles. The lowest BCUT2D eigenvalue weighted by Crippen LogP contribution is -2.18. The second-order valence-electron chi connectivity index (χ2n) is 4.96. The zero-order chi connectivity index (χ0) is 14.6. The summed E-state index contributed by atoms with van der Waals surface area (Å²) in [5.41, 5.74) is 1.93. The van der Waals surface area contributed by atoms with E-state index in [1.165, 1.54) is 6.33 Å². The lowest BCUT2D eigenvalue weighted by atomic mass is 10.3. The van der Waals surface area contributed by atoms with Crippen molar-refractivity contribution in [3.8, 4) is 0 Å². The Hall–Kier alpha value is -2.90. The minimum Gasteiger partial charge on any atom is -0.358 e. The number of benzene rings is 1. The van der Waals surface area contributed by atoms with E-state index in [4.69, 9.17) is 0 Å². The average molecular weight is 284 g/mol. The second kappa shape index (κ2) is 4.05. The molecule has 8 nitrogen and oxygen atoms in total. The van der Waals surface area contributed by atoms with Crippen molar-refractivity contribution in [2.75, 3.05) is 11.4 Å². The third-order valence-electron chi connectivity index (χ3n) is 3.74. The molecule has 0 saturated carbocycles. The summed E-state index contributed by atoms with van der Waals surface area (Å²) in [4.78, 5) is 21.0.